The van der Waals surface area contributed by atoms with Crippen LogP contribution < -0.4 is 19.7 Å². The SMILES string of the molecule is COc1cc(N2CCCC(N3CCN(C(=O)OCc4ccccc4)CC3)C2)ccc1Nc1ncc2ccc(-c3ccccc3OC)n2n1. The van der Waals surface area contributed by atoms with E-state index in [-0.39, 0.29) is 6.09 Å². The highest BCUT2D eigenvalue weighted by atomic mass is 16.6. The van der Waals surface area contributed by atoms with E-state index in [4.69, 9.17) is 19.3 Å². The summed E-state index contributed by atoms with van der Waals surface area (Å²) in [7, 11) is 3.36. The number of rotatable bonds is 9. The van der Waals surface area contributed by atoms with Crippen molar-refractivity contribution in [2.75, 3.05) is 63.7 Å². The number of para-hydroxylation sites is 1. The molecular weight excluding hydrogens is 606 g/mol. The Morgan fingerprint density at radius 2 is 1.67 bits per heavy atom. The maximum atomic E-state index is 12.7. The first-order valence-electron chi connectivity index (χ1n) is 16.5. The van der Waals surface area contributed by atoms with E-state index in [0.717, 1.165) is 84.2 Å². The van der Waals surface area contributed by atoms with Gasteiger partial charge < -0.3 is 29.3 Å². The third-order valence-electron chi connectivity index (χ3n) is 9.27. The van der Waals surface area contributed by atoms with Crippen molar-refractivity contribution in [2.45, 2.75) is 25.5 Å². The molecule has 1 atom stereocenters. The number of hydrogen-bond donors (Lipinski definition) is 1. The van der Waals surface area contributed by atoms with Crippen LogP contribution in [0.3, 0.4) is 0 Å². The van der Waals surface area contributed by atoms with Gasteiger partial charge >= 0.3 is 6.09 Å². The molecule has 11 heteroatoms. The zero-order valence-electron chi connectivity index (χ0n) is 27.4. The highest BCUT2D eigenvalue weighted by Gasteiger charge is 2.30. The van der Waals surface area contributed by atoms with E-state index in [1.54, 1.807) is 20.4 Å². The van der Waals surface area contributed by atoms with Gasteiger partial charge in [-0.25, -0.2) is 14.3 Å². The molecule has 2 fully saturated rings. The van der Waals surface area contributed by atoms with Crippen molar-refractivity contribution < 1.29 is 19.0 Å². The monoisotopic (exact) mass is 647 g/mol. The number of methoxy groups -OCH3 is 2. The summed E-state index contributed by atoms with van der Waals surface area (Å²) in [6.45, 7) is 5.25. The van der Waals surface area contributed by atoms with Crippen LogP contribution in [0.2, 0.25) is 0 Å². The summed E-state index contributed by atoms with van der Waals surface area (Å²) in [5.41, 5.74) is 5.65. The summed E-state index contributed by atoms with van der Waals surface area (Å²) in [4.78, 5) is 24.0. The van der Waals surface area contributed by atoms with E-state index in [0.29, 0.717) is 31.7 Å². The minimum Gasteiger partial charge on any atom is -0.496 e. The number of ether oxygens (including phenoxy) is 3. The average Bonchev–Trinajstić information content (AvgIpc) is 3.57. The standard InChI is InChI=1S/C37H41N7O4/c1-46-34-13-7-6-12-31(34)33-17-15-29-24-38-36(40-44(29)33)39-32-16-14-28(23-35(32)47-2)43-18-8-11-30(25-43)41-19-21-42(22-20-41)37(45)48-26-27-9-4-3-5-10-27/h3-7,9-10,12-17,23-24,30H,8,11,18-22,25-26H2,1-2H3,(H,39,40). The number of anilines is 3. The Bertz CT molecular complexity index is 1860. The van der Waals surface area contributed by atoms with Gasteiger partial charge in [0.05, 0.1) is 37.3 Å². The zero-order chi connectivity index (χ0) is 32.9. The fraction of sp³-hybridized carbons (Fsp3) is 0.324. The van der Waals surface area contributed by atoms with E-state index in [1.807, 2.05) is 82.2 Å². The van der Waals surface area contributed by atoms with Crippen LogP contribution in [0.25, 0.3) is 16.8 Å². The lowest BCUT2D eigenvalue weighted by atomic mass is 10.0. The number of amides is 1. The predicted molar refractivity (Wildman–Crippen MR) is 186 cm³/mol. The maximum Gasteiger partial charge on any atom is 0.410 e. The van der Waals surface area contributed by atoms with Crippen molar-refractivity contribution in [3.05, 3.63) is 96.7 Å². The number of fused-ring (bicyclic) bond motifs is 1. The molecule has 2 saturated heterocycles. The number of piperazine rings is 1. The van der Waals surface area contributed by atoms with Crippen LogP contribution in [0.4, 0.5) is 22.1 Å². The molecule has 1 unspecified atom stereocenters. The minimum atomic E-state index is -0.236. The second-order valence-corrected chi connectivity index (χ2v) is 12.2. The number of carbonyl (C=O) groups excluding carboxylic acids is 1. The molecular formula is C37H41N7O4. The topological polar surface area (TPSA) is 96.7 Å². The largest absolute Gasteiger partial charge is 0.496 e. The smallest absolute Gasteiger partial charge is 0.410 e. The van der Waals surface area contributed by atoms with Crippen LogP contribution in [0, 0.1) is 0 Å². The summed E-state index contributed by atoms with van der Waals surface area (Å²) in [5.74, 6) is 1.96. The van der Waals surface area contributed by atoms with Crippen LogP contribution in [0.15, 0.2) is 91.1 Å². The van der Waals surface area contributed by atoms with E-state index < -0.39 is 0 Å². The Morgan fingerprint density at radius 3 is 2.48 bits per heavy atom. The first-order chi connectivity index (χ1) is 23.6. The van der Waals surface area contributed by atoms with Gasteiger partial charge in [0.2, 0.25) is 5.95 Å². The molecule has 1 amide bonds. The first-order valence-corrected chi connectivity index (χ1v) is 16.5. The van der Waals surface area contributed by atoms with Crippen molar-refractivity contribution in [2.24, 2.45) is 0 Å². The van der Waals surface area contributed by atoms with Crippen LogP contribution in [-0.4, -0.2) is 90.0 Å². The molecule has 0 spiro atoms. The number of carbonyl (C=O) groups is 1. The fourth-order valence-electron chi connectivity index (χ4n) is 6.69. The number of benzene rings is 3. The normalized spacial score (nSPS) is 16.9. The molecule has 7 rings (SSSR count). The second kappa shape index (κ2) is 14.2. The first kappa shape index (κ1) is 31.3. The van der Waals surface area contributed by atoms with Gasteiger partial charge in [-0.1, -0.05) is 42.5 Å². The van der Waals surface area contributed by atoms with Crippen LogP contribution in [0.5, 0.6) is 11.5 Å². The van der Waals surface area contributed by atoms with Crippen molar-refractivity contribution >= 4 is 28.9 Å². The Morgan fingerprint density at radius 1 is 0.875 bits per heavy atom. The van der Waals surface area contributed by atoms with Crippen LogP contribution in [0.1, 0.15) is 18.4 Å². The summed E-state index contributed by atoms with van der Waals surface area (Å²) in [6.07, 6.45) is 3.81. The van der Waals surface area contributed by atoms with Crippen molar-refractivity contribution in [1.29, 1.82) is 0 Å². The summed E-state index contributed by atoms with van der Waals surface area (Å²) < 4.78 is 18.9. The van der Waals surface area contributed by atoms with Crippen molar-refractivity contribution in [3.8, 4) is 22.8 Å². The van der Waals surface area contributed by atoms with E-state index in [1.165, 1.54) is 0 Å². The van der Waals surface area contributed by atoms with E-state index in [9.17, 15) is 4.79 Å². The molecule has 0 radical (unpaired) electrons. The quantitative estimate of drug-likeness (QED) is 0.204. The molecule has 2 aliphatic heterocycles. The molecule has 0 saturated carbocycles. The number of nitrogens with zero attached hydrogens (tertiary/aromatic N) is 6. The number of hydrogen-bond acceptors (Lipinski definition) is 9. The molecule has 2 aliphatic rings. The lowest BCUT2D eigenvalue weighted by Gasteiger charge is -2.43. The lowest BCUT2D eigenvalue weighted by Crippen LogP contribution is -2.56. The molecule has 248 valence electrons. The number of piperidine rings is 1. The van der Waals surface area contributed by atoms with Gasteiger partial charge in [0, 0.05) is 62.6 Å². The maximum absolute atomic E-state index is 12.7. The summed E-state index contributed by atoms with van der Waals surface area (Å²) >= 11 is 0. The zero-order valence-corrected chi connectivity index (χ0v) is 27.4. The van der Waals surface area contributed by atoms with Gasteiger partial charge in [-0.3, -0.25) is 4.90 Å². The van der Waals surface area contributed by atoms with Crippen molar-refractivity contribution in [1.82, 2.24) is 24.4 Å². The lowest BCUT2D eigenvalue weighted by molar-refractivity contribution is 0.0571. The van der Waals surface area contributed by atoms with Gasteiger partial charge in [-0.05, 0) is 54.8 Å². The Kier molecular flexibility index (Phi) is 9.28. The molecule has 0 aliphatic carbocycles. The average molecular weight is 648 g/mol. The number of aromatic nitrogens is 3. The third kappa shape index (κ3) is 6.72. The summed E-state index contributed by atoms with van der Waals surface area (Å²) in [5, 5.41) is 8.17. The van der Waals surface area contributed by atoms with Gasteiger partial charge in [0.15, 0.2) is 0 Å². The molecule has 2 aromatic heterocycles. The van der Waals surface area contributed by atoms with Gasteiger partial charge in [0.25, 0.3) is 0 Å². The number of nitrogens with one attached hydrogen (secondary N) is 1. The van der Waals surface area contributed by atoms with Crippen LogP contribution in [-0.2, 0) is 11.3 Å². The fourth-order valence-corrected chi connectivity index (χ4v) is 6.69. The van der Waals surface area contributed by atoms with Gasteiger partial charge in [0.1, 0.15) is 18.1 Å². The Labute approximate surface area is 280 Å². The highest BCUT2D eigenvalue weighted by molar-refractivity contribution is 5.73. The summed E-state index contributed by atoms with van der Waals surface area (Å²) in [6, 6.07) is 28.4. The van der Waals surface area contributed by atoms with E-state index in [2.05, 4.69) is 32.2 Å². The predicted octanol–water partition coefficient (Wildman–Crippen LogP) is 6.08. The molecule has 1 N–H and O–H groups in total. The Balaban J connectivity index is 0.987. The molecule has 5 aromatic rings. The van der Waals surface area contributed by atoms with Gasteiger partial charge in [-0.2, -0.15) is 0 Å². The Hall–Kier alpha value is -5.29. The molecule has 4 heterocycles. The van der Waals surface area contributed by atoms with Crippen molar-refractivity contribution in [3.63, 3.8) is 0 Å². The van der Waals surface area contributed by atoms with Gasteiger partial charge in [-0.15, -0.1) is 5.10 Å². The highest BCUT2D eigenvalue weighted by Crippen LogP contribution is 2.34. The van der Waals surface area contributed by atoms with Crippen LogP contribution >= 0.6 is 0 Å². The molecule has 48 heavy (non-hydrogen) atoms. The molecule has 0 bridgehead atoms. The second-order valence-electron chi connectivity index (χ2n) is 12.2. The molecule has 3 aromatic carbocycles. The third-order valence-corrected chi connectivity index (χ3v) is 9.27. The van der Waals surface area contributed by atoms with E-state index >= 15 is 0 Å². The minimum absolute atomic E-state index is 0.236. The molecule has 11 nitrogen and oxygen atoms in total.